The molecule has 1 aliphatic heterocycles. The smallest absolute Gasteiger partial charge is 0.304 e. The normalized spacial score (nSPS) is 17.2. The Labute approximate surface area is 209 Å². The topological polar surface area (TPSA) is 142 Å². The fourth-order valence-corrected chi connectivity index (χ4v) is 4.45. The molecular weight excluding hydrogens is 458 g/mol. The third kappa shape index (κ3) is 6.24. The van der Waals surface area contributed by atoms with E-state index in [2.05, 4.69) is 22.3 Å². The Balaban J connectivity index is 1.37. The van der Waals surface area contributed by atoms with Crippen LogP contribution in [0.4, 0.5) is 0 Å². The van der Waals surface area contributed by atoms with E-state index in [0.29, 0.717) is 30.1 Å². The van der Waals surface area contributed by atoms with Gasteiger partial charge in [-0.2, -0.15) is 0 Å². The third-order valence-corrected chi connectivity index (χ3v) is 6.31. The number of carboxylic acids is 1. The number of nitrogens with one attached hydrogen (secondary N) is 1. The minimum absolute atomic E-state index is 0.00137. The molecule has 186 valence electrons. The molecule has 0 spiro atoms. The summed E-state index contributed by atoms with van der Waals surface area (Å²) in [7, 11) is 0. The SMILES string of the molecule is N=C(N)c1ccc(-c2ccc(OC[C@@H]3C[C@@H](CC(=O)O)C(=O)N3CCCc3ccccc3)nn2)cc1. The number of likely N-dealkylation sites (tertiary alicyclic amines) is 1. The Morgan fingerprint density at radius 2 is 1.83 bits per heavy atom. The summed E-state index contributed by atoms with van der Waals surface area (Å²) in [5.41, 5.74) is 8.81. The van der Waals surface area contributed by atoms with Crippen LogP contribution in [0.15, 0.2) is 66.7 Å². The van der Waals surface area contributed by atoms with Crippen molar-refractivity contribution in [1.29, 1.82) is 5.41 Å². The lowest BCUT2D eigenvalue weighted by molar-refractivity contribution is -0.142. The van der Waals surface area contributed by atoms with Gasteiger partial charge in [-0.1, -0.05) is 54.6 Å². The summed E-state index contributed by atoms with van der Waals surface area (Å²) in [5.74, 6) is -1.32. The number of amides is 1. The second-order valence-electron chi connectivity index (χ2n) is 8.86. The van der Waals surface area contributed by atoms with Gasteiger partial charge < -0.3 is 20.5 Å². The standard InChI is InChI=1S/C27H29N5O4/c28-26(29)20-10-8-19(9-11-20)23-12-13-24(31-30-23)36-17-22-15-21(16-25(33)34)27(35)32(22)14-4-7-18-5-2-1-3-6-18/h1-3,5-6,8-13,21-22H,4,7,14-17H2,(H3,28,29)(H,33,34)/t21-,22-/m0/s1. The lowest BCUT2D eigenvalue weighted by Gasteiger charge is -2.24. The first kappa shape index (κ1) is 24.8. The predicted octanol–water partition coefficient (Wildman–Crippen LogP) is 3.13. The average molecular weight is 488 g/mol. The van der Waals surface area contributed by atoms with Crippen LogP contribution in [-0.2, 0) is 16.0 Å². The molecule has 1 saturated heterocycles. The Kier molecular flexibility index (Phi) is 7.89. The van der Waals surface area contributed by atoms with E-state index < -0.39 is 11.9 Å². The molecule has 1 aromatic heterocycles. The number of aliphatic carboxylic acids is 1. The van der Waals surface area contributed by atoms with Gasteiger partial charge in [-0.25, -0.2) is 0 Å². The Hall–Kier alpha value is -4.27. The van der Waals surface area contributed by atoms with Crippen molar-refractivity contribution in [3.8, 4) is 17.1 Å². The molecule has 1 amide bonds. The maximum absolute atomic E-state index is 12.9. The van der Waals surface area contributed by atoms with E-state index in [1.54, 1.807) is 29.2 Å². The van der Waals surface area contributed by atoms with Crippen LogP contribution in [0.3, 0.4) is 0 Å². The van der Waals surface area contributed by atoms with Gasteiger partial charge in [0.25, 0.3) is 0 Å². The van der Waals surface area contributed by atoms with Crippen molar-refractivity contribution in [3.63, 3.8) is 0 Å². The highest BCUT2D eigenvalue weighted by molar-refractivity contribution is 5.95. The zero-order valence-corrected chi connectivity index (χ0v) is 19.8. The number of hydrogen-bond donors (Lipinski definition) is 3. The molecule has 1 aliphatic rings. The molecule has 2 atom stereocenters. The van der Waals surface area contributed by atoms with Crippen LogP contribution in [-0.4, -0.2) is 57.1 Å². The van der Waals surface area contributed by atoms with Gasteiger partial charge in [-0.05, 0) is 30.9 Å². The van der Waals surface area contributed by atoms with Gasteiger partial charge in [0.15, 0.2) is 0 Å². The number of aromatic nitrogens is 2. The highest BCUT2D eigenvalue weighted by Crippen LogP contribution is 2.28. The molecule has 36 heavy (non-hydrogen) atoms. The number of amidine groups is 1. The van der Waals surface area contributed by atoms with E-state index in [1.807, 2.05) is 30.3 Å². The first-order chi connectivity index (χ1) is 17.4. The minimum Gasteiger partial charge on any atom is -0.481 e. The number of nitrogens with zero attached hydrogens (tertiary/aromatic N) is 3. The van der Waals surface area contributed by atoms with E-state index in [0.717, 1.165) is 18.4 Å². The van der Waals surface area contributed by atoms with Gasteiger partial charge in [-0.3, -0.25) is 15.0 Å². The van der Waals surface area contributed by atoms with Gasteiger partial charge in [0.2, 0.25) is 11.8 Å². The Bertz CT molecular complexity index is 1200. The van der Waals surface area contributed by atoms with E-state index >= 15 is 0 Å². The highest BCUT2D eigenvalue weighted by atomic mass is 16.5. The van der Waals surface area contributed by atoms with E-state index in [1.165, 1.54) is 5.56 Å². The number of aryl methyl sites for hydroxylation is 1. The second-order valence-corrected chi connectivity index (χ2v) is 8.86. The summed E-state index contributed by atoms with van der Waals surface area (Å²) in [4.78, 5) is 25.9. The molecular formula is C27H29N5O4. The van der Waals surface area contributed by atoms with Crippen LogP contribution in [0.5, 0.6) is 5.88 Å². The molecule has 3 aromatic rings. The molecule has 9 heteroatoms. The lowest BCUT2D eigenvalue weighted by atomic mass is 10.0. The quantitative estimate of drug-likeness (QED) is 0.278. The van der Waals surface area contributed by atoms with E-state index in [-0.39, 0.29) is 30.8 Å². The fourth-order valence-electron chi connectivity index (χ4n) is 4.45. The summed E-state index contributed by atoms with van der Waals surface area (Å²) >= 11 is 0. The van der Waals surface area contributed by atoms with Gasteiger partial charge in [-0.15, -0.1) is 10.2 Å². The molecule has 0 aliphatic carbocycles. The summed E-state index contributed by atoms with van der Waals surface area (Å²) in [6.07, 6.45) is 1.87. The monoisotopic (exact) mass is 487 g/mol. The molecule has 4 N–H and O–H groups in total. The second kappa shape index (κ2) is 11.4. The number of ether oxygens (including phenoxy) is 1. The summed E-state index contributed by atoms with van der Waals surface area (Å²) in [6.45, 7) is 0.757. The number of rotatable bonds is 11. The minimum atomic E-state index is -0.975. The van der Waals surface area contributed by atoms with Crippen LogP contribution >= 0.6 is 0 Å². The molecule has 1 fully saturated rings. The summed E-state index contributed by atoms with van der Waals surface area (Å²) in [5, 5.41) is 25.1. The maximum Gasteiger partial charge on any atom is 0.304 e. The molecule has 0 bridgehead atoms. The Morgan fingerprint density at radius 3 is 2.47 bits per heavy atom. The van der Waals surface area contributed by atoms with Gasteiger partial charge in [0.05, 0.1) is 24.1 Å². The van der Waals surface area contributed by atoms with Crippen molar-refractivity contribution in [1.82, 2.24) is 15.1 Å². The third-order valence-electron chi connectivity index (χ3n) is 6.31. The van der Waals surface area contributed by atoms with E-state index in [9.17, 15) is 14.7 Å². The van der Waals surface area contributed by atoms with Crippen LogP contribution in [0.1, 0.15) is 30.4 Å². The predicted molar refractivity (Wildman–Crippen MR) is 135 cm³/mol. The largest absolute Gasteiger partial charge is 0.481 e. The number of benzene rings is 2. The van der Waals surface area contributed by atoms with Crippen molar-refractivity contribution >= 4 is 17.7 Å². The summed E-state index contributed by atoms with van der Waals surface area (Å²) < 4.78 is 5.87. The van der Waals surface area contributed by atoms with Crippen molar-refractivity contribution in [2.45, 2.75) is 31.7 Å². The highest BCUT2D eigenvalue weighted by Gasteiger charge is 2.40. The first-order valence-electron chi connectivity index (χ1n) is 11.9. The van der Waals surface area contributed by atoms with Gasteiger partial charge in [0, 0.05) is 23.7 Å². The number of carbonyl (C=O) groups excluding carboxylic acids is 1. The molecule has 9 nitrogen and oxygen atoms in total. The first-order valence-corrected chi connectivity index (χ1v) is 11.9. The number of carboxylic acid groups (broad SMARTS) is 1. The number of hydrogen-bond acceptors (Lipinski definition) is 6. The van der Waals surface area contributed by atoms with Crippen molar-refractivity contribution in [2.75, 3.05) is 13.2 Å². The molecule has 0 radical (unpaired) electrons. The average Bonchev–Trinajstić information content (AvgIpc) is 3.17. The molecule has 4 rings (SSSR count). The molecule has 0 unspecified atom stereocenters. The van der Waals surface area contributed by atoms with Crippen LogP contribution in [0.2, 0.25) is 0 Å². The van der Waals surface area contributed by atoms with Crippen molar-refractivity contribution in [3.05, 3.63) is 77.9 Å². The molecule has 0 saturated carbocycles. The molecule has 2 heterocycles. The number of nitrogen functional groups attached to an aromatic ring is 1. The summed E-state index contributed by atoms with van der Waals surface area (Å²) in [6, 6.07) is 20.5. The maximum atomic E-state index is 12.9. The van der Waals surface area contributed by atoms with Crippen LogP contribution < -0.4 is 10.5 Å². The number of nitrogens with two attached hydrogens (primary N) is 1. The zero-order chi connectivity index (χ0) is 25.5. The lowest BCUT2D eigenvalue weighted by Crippen LogP contribution is -2.38. The Morgan fingerprint density at radius 1 is 1.08 bits per heavy atom. The number of carbonyl (C=O) groups is 2. The molecule has 2 aromatic carbocycles. The van der Waals surface area contributed by atoms with Gasteiger partial charge in [0.1, 0.15) is 12.4 Å². The fraction of sp³-hybridized carbons (Fsp3) is 0.296. The van der Waals surface area contributed by atoms with Crippen molar-refractivity contribution in [2.24, 2.45) is 11.7 Å². The van der Waals surface area contributed by atoms with E-state index in [4.69, 9.17) is 15.9 Å². The van der Waals surface area contributed by atoms with Crippen LogP contribution in [0.25, 0.3) is 11.3 Å². The van der Waals surface area contributed by atoms with Crippen molar-refractivity contribution < 1.29 is 19.4 Å². The van der Waals surface area contributed by atoms with Gasteiger partial charge >= 0.3 is 5.97 Å². The zero-order valence-electron chi connectivity index (χ0n) is 19.8. The van der Waals surface area contributed by atoms with Crippen LogP contribution in [0, 0.1) is 11.3 Å².